The molecule has 0 nitrogen and oxygen atoms in total. The molecule has 12 atom stereocenters. The van der Waals surface area contributed by atoms with Gasteiger partial charge in [-0.25, -0.2) is 0 Å². The van der Waals surface area contributed by atoms with E-state index in [-0.39, 0.29) is 5.41 Å². The first-order valence-corrected chi connectivity index (χ1v) is 27.2. The van der Waals surface area contributed by atoms with Crippen LogP contribution in [0, 0.1) is 0 Å². The van der Waals surface area contributed by atoms with E-state index in [1.54, 1.807) is 178 Å². The van der Waals surface area contributed by atoms with E-state index in [4.69, 9.17) is 0 Å². The van der Waals surface area contributed by atoms with Gasteiger partial charge in [0.05, 0.1) is 0 Å². The molecule has 294 valence electrons. The maximum absolute atomic E-state index is 3.05. The van der Waals surface area contributed by atoms with Crippen molar-refractivity contribution in [3.63, 3.8) is 0 Å². The van der Waals surface area contributed by atoms with Gasteiger partial charge in [0, 0.05) is 52.8 Å². The molecule has 2 bridgehead atoms. The molecular formula is C69H18. The minimum Gasteiger partial charge on any atom is -0.0620 e. The molecule has 18 aromatic rings. The molecular weight excluding hydrogens is 829 g/mol. The minimum absolute atomic E-state index is 0.0998. The number of rotatable bonds is 0. The van der Waals surface area contributed by atoms with Crippen LogP contribution in [0.1, 0.15) is 155 Å². The number of fused-ring (bicyclic) bond motifs is 9. The van der Waals surface area contributed by atoms with Crippen molar-refractivity contribution < 1.29 is 0 Å². The predicted molar refractivity (Wildman–Crippen MR) is 276 cm³/mol. The molecule has 69 heavy (non-hydrogen) atoms. The Morgan fingerprint density at radius 3 is 1.59 bits per heavy atom. The Kier molecular flexibility index (Phi) is 2.24. The summed E-state index contributed by atoms with van der Waals surface area (Å²) in [5.74, 6) is 5.85. The normalized spacial score (nSPS) is 34.8. The molecule has 1 fully saturated rings. The van der Waals surface area contributed by atoms with Crippen molar-refractivity contribution in [2.75, 3.05) is 0 Å². The first-order valence-electron chi connectivity index (χ1n) is 27.2. The average molecular weight is 847 g/mol. The van der Waals surface area contributed by atoms with E-state index in [2.05, 4.69) is 30.3 Å². The Labute approximate surface area is 382 Å². The summed E-state index contributed by atoms with van der Waals surface area (Å²) < 4.78 is 0. The highest BCUT2D eigenvalue weighted by Crippen LogP contribution is 2.90. The zero-order valence-electron chi connectivity index (χ0n) is 35.9. The third-order valence-corrected chi connectivity index (χ3v) is 28.0. The maximum atomic E-state index is 3.05. The quantitative estimate of drug-likeness (QED) is 0.133. The van der Waals surface area contributed by atoms with Gasteiger partial charge >= 0.3 is 0 Å². The van der Waals surface area contributed by atoms with Gasteiger partial charge in [-0.15, -0.1) is 0 Å². The van der Waals surface area contributed by atoms with Gasteiger partial charge in [-0.3, -0.25) is 0 Å². The summed E-state index contributed by atoms with van der Waals surface area (Å²) in [7, 11) is 0. The second-order valence-electron chi connectivity index (χ2n) is 27.5. The van der Waals surface area contributed by atoms with Crippen molar-refractivity contribution in [2.45, 2.75) is 76.9 Å². The number of hydrogen-bond donors (Lipinski definition) is 0. The van der Waals surface area contributed by atoms with Crippen molar-refractivity contribution >= 4 is 184 Å². The molecule has 1 saturated carbocycles. The molecule has 15 aliphatic carbocycles. The molecule has 0 aliphatic heterocycles. The van der Waals surface area contributed by atoms with Gasteiger partial charge in [0.2, 0.25) is 0 Å². The Hall–Kier alpha value is -7.28. The lowest BCUT2D eigenvalue weighted by molar-refractivity contribution is 0.288. The summed E-state index contributed by atoms with van der Waals surface area (Å²) in [4.78, 5) is 0. The molecule has 15 aliphatic rings. The predicted octanol–water partition coefficient (Wildman–Crippen LogP) is 14.8. The highest BCUT2D eigenvalue weighted by Gasteiger charge is 2.73. The topological polar surface area (TPSA) is 0 Å². The lowest BCUT2D eigenvalue weighted by Crippen LogP contribution is -2.47. The van der Waals surface area contributed by atoms with Gasteiger partial charge in [-0.1, -0.05) is 24.3 Å². The van der Waals surface area contributed by atoms with E-state index in [1.165, 1.54) is 6.42 Å². The summed E-state index contributed by atoms with van der Waals surface area (Å²) in [5, 5.41) is 60.6. The van der Waals surface area contributed by atoms with Crippen LogP contribution in [0.5, 0.6) is 0 Å². The average Bonchev–Trinajstić information content (AvgIpc) is 4.23. The minimum atomic E-state index is -0.0998. The van der Waals surface area contributed by atoms with E-state index in [1.807, 2.05) is 99.1 Å². The van der Waals surface area contributed by atoms with E-state index >= 15 is 0 Å². The Bertz CT molecular complexity index is 6600. The fraction of sp³-hybridized carbons (Fsp3) is 0.188. The van der Waals surface area contributed by atoms with Crippen molar-refractivity contribution in [3.05, 3.63) is 124 Å². The molecule has 12 unspecified atom stereocenters. The second kappa shape index (κ2) is 5.95. The molecule has 0 heterocycles. The summed E-state index contributed by atoms with van der Waals surface area (Å²) >= 11 is 0. The van der Waals surface area contributed by atoms with Crippen LogP contribution in [-0.2, 0) is 5.41 Å². The number of hydrogen-bond acceptors (Lipinski definition) is 0. The van der Waals surface area contributed by atoms with Crippen molar-refractivity contribution in [1.82, 2.24) is 0 Å². The third kappa shape index (κ3) is 1.42. The van der Waals surface area contributed by atoms with Crippen LogP contribution in [0.4, 0.5) is 0 Å². The highest BCUT2D eigenvalue weighted by molar-refractivity contribution is 6.67. The van der Waals surface area contributed by atoms with Crippen molar-refractivity contribution in [2.24, 2.45) is 0 Å². The zero-order valence-corrected chi connectivity index (χ0v) is 35.9. The first-order chi connectivity index (χ1) is 34.4. The molecule has 0 N–H and O–H groups in total. The Morgan fingerprint density at radius 1 is 0.333 bits per heavy atom. The highest BCUT2D eigenvalue weighted by atomic mass is 14.7. The standard InChI is InChI=1S/C69H18/c1-2-4-8-7(3-1)9-6-12(8)69-66(9)62-20-14-10-5-11-15-16-13(10)17-18(14)23-27-25(20)55-50-45-32(27)34-29(23)28-22(17)26-21(16)24-19(15)57-54-47-30(24)35-31(26)33(28)36-37(34)40-41-39(36)38(35)42(47)46-44(41)49-48(43(40)45)52(50)58-59-53(49)51(46)56(54)61(63(57)67(11)69)65(59)68(69)64(58)60(55)62/h1-5,9,12,18,23,28-29,33,36,38-39,67H,6H2. The SMILES string of the molecule is c1ccc2c(c1)C1CC2C23C1=c1c4c5c6c7c8c9c%10c%11c%12c%13c%14c%15c%16c%17c%18c%19c%20c%21c%22c(cc%23c%24c%22c%19c%16c%24c%16c(c%19c%22c2c2c1c5c1c7c%10c5c%12c(c%13c%19c%15%16)c%22c2c15)C%233)C=4C%21C6C8C%20C%18C9C%11C%17%14. The van der Waals surface area contributed by atoms with Crippen molar-refractivity contribution in [3.8, 4) is 0 Å². The molecule has 33 rings (SSSR count). The van der Waals surface area contributed by atoms with E-state index in [9.17, 15) is 0 Å². The lowest BCUT2D eigenvalue weighted by atomic mass is 9.50. The van der Waals surface area contributed by atoms with Crippen LogP contribution >= 0.6 is 0 Å². The smallest absolute Gasteiger partial charge is 0.0368 e. The number of benzene rings is 12. The molecule has 0 heteroatoms. The summed E-state index contributed by atoms with van der Waals surface area (Å²) in [6.07, 6.45) is 1.29. The fourth-order valence-electron chi connectivity index (χ4n) is 28.5. The van der Waals surface area contributed by atoms with Gasteiger partial charge in [0.15, 0.2) is 0 Å². The van der Waals surface area contributed by atoms with Gasteiger partial charge in [0.25, 0.3) is 0 Å². The first kappa shape index (κ1) is 25.9. The molecule has 0 aromatic heterocycles. The van der Waals surface area contributed by atoms with Gasteiger partial charge in [0.1, 0.15) is 0 Å². The second-order valence-corrected chi connectivity index (χ2v) is 27.5. The summed E-state index contributed by atoms with van der Waals surface area (Å²) in [6, 6.07) is 13.1. The zero-order chi connectivity index (χ0) is 40.5. The van der Waals surface area contributed by atoms with Crippen LogP contribution in [0.25, 0.3) is 184 Å². The fourth-order valence-corrected chi connectivity index (χ4v) is 28.5. The largest absolute Gasteiger partial charge is 0.0620 e. The van der Waals surface area contributed by atoms with Crippen LogP contribution in [0.15, 0.2) is 30.3 Å². The van der Waals surface area contributed by atoms with E-state index in [0.717, 1.165) is 0 Å². The molecule has 18 aromatic carbocycles. The summed E-state index contributed by atoms with van der Waals surface area (Å²) in [6.45, 7) is 0. The van der Waals surface area contributed by atoms with Gasteiger partial charge < -0.3 is 0 Å². The molecule has 0 saturated heterocycles. The Balaban J connectivity index is 1.14. The molecule has 1 spiro atoms. The van der Waals surface area contributed by atoms with Crippen LogP contribution in [-0.4, -0.2) is 0 Å². The van der Waals surface area contributed by atoms with Crippen LogP contribution < -0.4 is 10.4 Å². The van der Waals surface area contributed by atoms with E-state index < -0.39 is 0 Å². The van der Waals surface area contributed by atoms with Crippen LogP contribution in [0.2, 0.25) is 0 Å². The summed E-state index contributed by atoms with van der Waals surface area (Å²) in [5.41, 5.74) is 31.5. The van der Waals surface area contributed by atoms with Gasteiger partial charge in [-0.2, -0.15) is 0 Å². The van der Waals surface area contributed by atoms with Crippen LogP contribution in [0.3, 0.4) is 0 Å². The van der Waals surface area contributed by atoms with E-state index in [0.29, 0.717) is 65.1 Å². The van der Waals surface area contributed by atoms with Crippen molar-refractivity contribution in [1.29, 1.82) is 0 Å². The molecule has 0 amide bonds. The monoisotopic (exact) mass is 846 g/mol. The molecule has 0 radical (unpaired) electrons. The Morgan fingerprint density at radius 2 is 0.826 bits per heavy atom. The third-order valence-electron chi connectivity index (χ3n) is 28.0. The van der Waals surface area contributed by atoms with Gasteiger partial charge in [-0.05, 0) is 308 Å². The maximum Gasteiger partial charge on any atom is 0.0368 e. The lowest BCUT2D eigenvalue weighted by Gasteiger charge is -2.52.